The van der Waals surface area contributed by atoms with Gasteiger partial charge in [-0.1, -0.05) is 29.8 Å². The molecule has 3 nitrogen and oxygen atoms in total. The Morgan fingerprint density at radius 3 is 2.72 bits per heavy atom. The second-order valence-electron chi connectivity index (χ2n) is 3.69. The van der Waals surface area contributed by atoms with Gasteiger partial charge in [-0.3, -0.25) is 0 Å². The lowest BCUT2D eigenvalue weighted by Gasteiger charge is -2.10. The van der Waals surface area contributed by atoms with Crippen LogP contribution in [-0.4, -0.2) is 5.11 Å². The zero-order valence-corrected chi connectivity index (χ0v) is 10.1. The third kappa shape index (κ3) is 2.49. The van der Waals surface area contributed by atoms with Crippen LogP contribution in [0, 0.1) is 5.82 Å². The van der Waals surface area contributed by atoms with Crippen LogP contribution < -0.4 is 10.5 Å². The molecule has 0 atom stereocenters. The monoisotopic (exact) mass is 267 g/mol. The first-order valence-electron chi connectivity index (χ1n) is 5.22. The molecule has 0 fully saturated rings. The Morgan fingerprint density at radius 2 is 1.94 bits per heavy atom. The molecule has 0 radical (unpaired) electrons. The van der Waals surface area contributed by atoms with E-state index >= 15 is 0 Å². The lowest BCUT2D eigenvalue weighted by molar-refractivity contribution is 0.300. The van der Waals surface area contributed by atoms with Gasteiger partial charge in [0, 0.05) is 5.56 Å². The fourth-order valence-electron chi connectivity index (χ4n) is 1.47. The minimum absolute atomic E-state index is 0.0138. The van der Waals surface area contributed by atoms with E-state index in [9.17, 15) is 9.50 Å². The molecular weight excluding hydrogens is 257 g/mol. The van der Waals surface area contributed by atoms with Crippen molar-refractivity contribution in [2.45, 2.75) is 6.61 Å². The van der Waals surface area contributed by atoms with Gasteiger partial charge in [0.25, 0.3) is 0 Å². The SMILES string of the molecule is Nc1c(O)cccc1OCc1cccc(Cl)c1F. The highest BCUT2D eigenvalue weighted by Crippen LogP contribution is 2.31. The number of phenols is 1. The van der Waals surface area contributed by atoms with Crippen LogP contribution in [0.15, 0.2) is 36.4 Å². The second-order valence-corrected chi connectivity index (χ2v) is 4.10. The standard InChI is InChI=1S/C13H11ClFNO2/c14-9-4-1-3-8(12(9)15)7-18-11-6-2-5-10(17)13(11)16/h1-6,17H,7,16H2. The van der Waals surface area contributed by atoms with E-state index in [4.69, 9.17) is 22.1 Å². The molecule has 2 aromatic carbocycles. The summed E-state index contributed by atoms with van der Waals surface area (Å²) in [6.45, 7) is -0.0138. The lowest BCUT2D eigenvalue weighted by Crippen LogP contribution is -2.01. The second kappa shape index (κ2) is 5.14. The smallest absolute Gasteiger partial charge is 0.148 e. The number of nitrogens with two attached hydrogens (primary N) is 1. The van der Waals surface area contributed by atoms with Crippen LogP contribution in [-0.2, 0) is 6.61 Å². The van der Waals surface area contributed by atoms with Gasteiger partial charge in [0.15, 0.2) is 0 Å². The highest BCUT2D eigenvalue weighted by Gasteiger charge is 2.09. The van der Waals surface area contributed by atoms with Gasteiger partial charge in [0.1, 0.15) is 29.6 Å². The number of benzene rings is 2. The summed E-state index contributed by atoms with van der Waals surface area (Å²) in [6.07, 6.45) is 0. The van der Waals surface area contributed by atoms with Crippen molar-refractivity contribution in [3.63, 3.8) is 0 Å². The van der Waals surface area contributed by atoms with Gasteiger partial charge in [-0.05, 0) is 18.2 Å². The largest absolute Gasteiger partial charge is 0.506 e. The number of anilines is 1. The summed E-state index contributed by atoms with van der Waals surface area (Å²) >= 11 is 5.66. The first-order chi connectivity index (χ1) is 8.59. The van der Waals surface area contributed by atoms with Crippen molar-refractivity contribution in [2.75, 3.05) is 5.73 Å². The highest BCUT2D eigenvalue weighted by atomic mass is 35.5. The summed E-state index contributed by atoms with van der Waals surface area (Å²) in [5.74, 6) is -0.286. The first kappa shape index (κ1) is 12.5. The molecule has 3 N–H and O–H groups in total. The van der Waals surface area contributed by atoms with E-state index in [0.29, 0.717) is 11.3 Å². The Morgan fingerprint density at radius 1 is 1.22 bits per heavy atom. The minimum Gasteiger partial charge on any atom is -0.506 e. The Kier molecular flexibility index (Phi) is 3.58. The zero-order valence-electron chi connectivity index (χ0n) is 9.36. The van der Waals surface area contributed by atoms with E-state index in [-0.39, 0.29) is 23.1 Å². The molecule has 18 heavy (non-hydrogen) atoms. The van der Waals surface area contributed by atoms with Crippen molar-refractivity contribution in [3.05, 3.63) is 52.8 Å². The quantitative estimate of drug-likeness (QED) is 0.662. The molecule has 0 unspecified atom stereocenters. The maximum Gasteiger partial charge on any atom is 0.148 e. The van der Waals surface area contributed by atoms with Gasteiger partial charge >= 0.3 is 0 Å². The van der Waals surface area contributed by atoms with Crippen molar-refractivity contribution in [2.24, 2.45) is 0 Å². The van der Waals surface area contributed by atoms with Crippen molar-refractivity contribution < 1.29 is 14.2 Å². The predicted octanol–water partition coefficient (Wildman–Crippen LogP) is 3.35. The molecule has 0 aliphatic heterocycles. The number of hydrogen-bond donors (Lipinski definition) is 2. The Labute approximate surface area is 109 Å². The van der Waals surface area contributed by atoms with Crippen LogP contribution in [0.25, 0.3) is 0 Å². The summed E-state index contributed by atoms with van der Waals surface area (Å²) in [4.78, 5) is 0. The van der Waals surface area contributed by atoms with Gasteiger partial charge in [-0.25, -0.2) is 4.39 Å². The van der Waals surface area contributed by atoms with Crippen LogP contribution in [0.2, 0.25) is 5.02 Å². The number of nitrogen functional groups attached to an aromatic ring is 1. The summed E-state index contributed by atoms with van der Waals surface area (Å²) in [7, 11) is 0. The van der Waals surface area contributed by atoms with E-state index in [2.05, 4.69) is 0 Å². The van der Waals surface area contributed by atoms with Crippen molar-refractivity contribution >= 4 is 17.3 Å². The number of para-hydroxylation sites is 1. The number of ether oxygens (including phenoxy) is 1. The molecule has 0 saturated heterocycles. The summed E-state index contributed by atoms with van der Waals surface area (Å²) in [5.41, 5.74) is 6.07. The van der Waals surface area contributed by atoms with Gasteiger partial charge in [0.05, 0.1) is 5.02 Å². The van der Waals surface area contributed by atoms with E-state index in [1.165, 1.54) is 12.1 Å². The van der Waals surface area contributed by atoms with Crippen LogP contribution in [0.4, 0.5) is 10.1 Å². The number of rotatable bonds is 3. The van der Waals surface area contributed by atoms with Crippen LogP contribution in [0.3, 0.4) is 0 Å². The molecule has 0 aliphatic rings. The molecule has 0 spiro atoms. The molecule has 2 aromatic rings. The number of hydrogen-bond acceptors (Lipinski definition) is 3. The molecule has 94 valence electrons. The van der Waals surface area contributed by atoms with Gasteiger partial charge in [-0.2, -0.15) is 0 Å². The first-order valence-corrected chi connectivity index (χ1v) is 5.60. The lowest BCUT2D eigenvalue weighted by atomic mass is 10.2. The van der Waals surface area contributed by atoms with E-state index in [0.717, 1.165) is 0 Å². The summed E-state index contributed by atoms with van der Waals surface area (Å²) in [6, 6.07) is 9.30. The average molecular weight is 268 g/mol. The molecular formula is C13H11ClFNO2. The maximum atomic E-state index is 13.6. The summed E-state index contributed by atoms with van der Waals surface area (Å²) in [5, 5.41) is 9.44. The van der Waals surface area contributed by atoms with Crippen LogP contribution in [0.1, 0.15) is 5.56 Å². The van der Waals surface area contributed by atoms with Crippen LogP contribution >= 0.6 is 11.6 Å². The third-order valence-corrected chi connectivity index (χ3v) is 2.75. The van der Waals surface area contributed by atoms with Crippen molar-refractivity contribution in [1.82, 2.24) is 0 Å². The zero-order chi connectivity index (χ0) is 13.1. The highest BCUT2D eigenvalue weighted by molar-refractivity contribution is 6.30. The van der Waals surface area contributed by atoms with Gasteiger partial charge in [-0.15, -0.1) is 0 Å². The topological polar surface area (TPSA) is 55.5 Å². The number of aromatic hydroxyl groups is 1. The predicted molar refractivity (Wildman–Crippen MR) is 68.3 cm³/mol. The molecule has 5 heteroatoms. The van der Waals surface area contributed by atoms with Gasteiger partial charge < -0.3 is 15.6 Å². The fourth-order valence-corrected chi connectivity index (χ4v) is 1.67. The Hall–Kier alpha value is -1.94. The number of phenolic OH excluding ortho intramolecular Hbond substituents is 1. The maximum absolute atomic E-state index is 13.6. The molecule has 0 saturated carbocycles. The molecule has 0 bridgehead atoms. The summed E-state index contributed by atoms with van der Waals surface area (Å²) < 4.78 is 18.9. The van der Waals surface area contributed by atoms with Crippen molar-refractivity contribution in [3.8, 4) is 11.5 Å². The van der Waals surface area contributed by atoms with Crippen molar-refractivity contribution in [1.29, 1.82) is 0 Å². The Balaban J connectivity index is 2.17. The normalized spacial score (nSPS) is 10.3. The molecule has 0 aliphatic carbocycles. The van der Waals surface area contributed by atoms with E-state index < -0.39 is 5.82 Å². The fraction of sp³-hybridized carbons (Fsp3) is 0.0769. The Bertz CT molecular complexity index is 523. The van der Waals surface area contributed by atoms with Gasteiger partial charge in [0.2, 0.25) is 0 Å². The average Bonchev–Trinajstić information content (AvgIpc) is 2.36. The van der Waals surface area contributed by atoms with E-state index in [1.807, 2.05) is 0 Å². The molecule has 0 aromatic heterocycles. The molecule has 0 heterocycles. The van der Waals surface area contributed by atoms with Crippen LogP contribution in [0.5, 0.6) is 11.5 Å². The van der Waals surface area contributed by atoms with E-state index in [1.54, 1.807) is 24.3 Å². The minimum atomic E-state index is -0.516. The number of halogens is 2. The molecule has 0 amide bonds. The third-order valence-electron chi connectivity index (χ3n) is 2.46. The molecule has 2 rings (SSSR count).